The Kier molecular flexibility index (Phi) is 4.29. The summed E-state index contributed by atoms with van der Waals surface area (Å²) < 4.78 is 5.19. The third-order valence-electron chi connectivity index (χ3n) is 4.22. The predicted molar refractivity (Wildman–Crippen MR) is 88.2 cm³/mol. The molecule has 116 valence electrons. The number of hydrogen-bond acceptors (Lipinski definition) is 3. The molecule has 0 aromatic heterocycles. The van der Waals surface area contributed by atoms with E-state index in [1.54, 1.807) is 19.2 Å². The van der Waals surface area contributed by atoms with Gasteiger partial charge in [0.15, 0.2) is 0 Å². The standard InChI is InChI=1S/C19H18N2O2/c1-23-17-11-9-16(10-12-17)21-18(3-2-4-19(21)22)15-7-5-14(13-20)6-8-15/h5-12,18H,2-4H2,1H3. The molecule has 1 atom stereocenters. The van der Waals surface area contributed by atoms with E-state index in [1.165, 1.54) is 0 Å². The second-order valence-electron chi connectivity index (χ2n) is 5.60. The first kappa shape index (κ1) is 15.1. The van der Waals surface area contributed by atoms with Crippen LogP contribution >= 0.6 is 0 Å². The zero-order valence-electron chi connectivity index (χ0n) is 13.0. The van der Waals surface area contributed by atoms with Crippen molar-refractivity contribution < 1.29 is 9.53 Å². The summed E-state index contributed by atoms with van der Waals surface area (Å²) in [5.41, 5.74) is 2.57. The van der Waals surface area contributed by atoms with Crippen LogP contribution in [0.5, 0.6) is 5.75 Å². The van der Waals surface area contributed by atoms with Gasteiger partial charge < -0.3 is 9.64 Å². The number of ether oxygens (including phenoxy) is 1. The lowest BCUT2D eigenvalue weighted by Gasteiger charge is -2.36. The van der Waals surface area contributed by atoms with Gasteiger partial charge in [-0.25, -0.2) is 0 Å². The highest BCUT2D eigenvalue weighted by molar-refractivity contribution is 5.95. The van der Waals surface area contributed by atoms with Gasteiger partial charge in [0.1, 0.15) is 5.75 Å². The minimum absolute atomic E-state index is 0.0115. The number of benzene rings is 2. The maximum absolute atomic E-state index is 12.5. The normalized spacial score (nSPS) is 17.7. The van der Waals surface area contributed by atoms with E-state index in [0.29, 0.717) is 12.0 Å². The lowest BCUT2D eigenvalue weighted by molar-refractivity contribution is -0.120. The van der Waals surface area contributed by atoms with Crippen LogP contribution < -0.4 is 9.64 Å². The largest absolute Gasteiger partial charge is 0.497 e. The fraction of sp³-hybridized carbons (Fsp3) is 0.263. The lowest BCUT2D eigenvalue weighted by atomic mass is 9.93. The van der Waals surface area contributed by atoms with Gasteiger partial charge in [-0.05, 0) is 54.8 Å². The summed E-state index contributed by atoms with van der Waals surface area (Å²) in [6, 6.07) is 17.2. The first-order valence-corrected chi connectivity index (χ1v) is 7.69. The van der Waals surface area contributed by atoms with Crippen molar-refractivity contribution >= 4 is 11.6 Å². The van der Waals surface area contributed by atoms with Crippen molar-refractivity contribution in [1.29, 1.82) is 5.26 Å². The van der Waals surface area contributed by atoms with Crippen LogP contribution in [-0.2, 0) is 4.79 Å². The zero-order valence-corrected chi connectivity index (χ0v) is 13.0. The highest BCUT2D eigenvalue weighted by Crippen LogP contribution is 2.36. The van der Waals surface area contributed by atoms with Crippen molar-refractivity contribution in [2.45, 2.75) is 25.3 Å². The molecule has 1 aliphatic heterocycles. The van der Waals surface area contributed by atoms with E-state index in [-0.39, 0.29) is 11.9 Å². The first-order valence-electron chi connectivity index (χ1n) is 7.69. The van der Waals surface area contributed by atoms with Crippen LogP contribution in [-0.4, -0.2) is 13.0 Å². The Morgan fingerprint density at radius 2 is 1.83 bits per heavy atom. The van der Waals surface area contributed by atoms with Crippen LogP contribution in [0, 0.1) is 11.3 Å². The SMILES string of the molecule is COc1ccc(N2C(=O)CCCC2c2ccc(C#N)cc2)cc1. The summed E-state index contributed by atoms with van der Waals surface area (Å²) in [6.07, 6.45) is 2.37. The Hall–Kier alpha value is -2.80. The van der Waals surface area contributed by atoms with Gasteiger partial charge in [-0.1, -0.05) is 12.1 Å². The molecule has 1 fully saturated rings. The maximum atomic E-state index is 12.5. The smallest absolute Gasteiger partial charge is 0.227 e. The maximum Gasteiger partial charge on any atom is 0.227 e. The van der Waals surface area contributed by atoms with Crippen LogP contribution in [0.25, 0.3) is 0 Å². The summed E-state index contributed by atoms with van der Waals surface area (Å²) in [4.78, 5) is 14.4. The minimum Gasteiger partial charge on any atom is -0.497 e. The molecular formula is C19H18N2O2. The summed E-state index contributed by atoms with van der Waals surface area (Å²) in [5.74, 6) is 0.906. The Labute approximate surface area is 135 Å². The van der Waals surface area contributed by atoms with E-state index in [2.05, 4.69) is 6.07 Å². The number of piperidine rings is 1. The van der Waals surface area contributed by atoms with Crippen molar-refractivity contribution in [3.8, 4) is 11.8 Å². The Morgan fingerprint density at radius 1 is 1.13 bits per heavy atom. The molecule has 1 unspecified atom stereocenters. The molecule has 1 heterocycles. The molecular weight excluding hydrogens is 288 g/mol. The molecule has 0 spiro atoms. The Bertz CT molecular complexity index is 729. The van der Waals surface area contributed by atoms with Gasteiger partial charge in [-0.15, -0.1) is 0 Å². The van der Waals surface area contributed by atoms with Gasteiger partial charge in [-0.2, -0.15) is 5.26 Å². The molecule has 2 aromatic rings. The Balaban J connectivity index is 1.95. The molecule has 23 heavy (non-hydrogen) atoms. The average molecular weight is 306 g/mol. The number of hydrogen-bond donors (Lipinski definition) is 0. The lowest BCUT2D eigenvalue weighted by Crippen LogP contribution is -2.38. The second kappa shape index (κ2) is 6.53. The van der Waals surface area contributed by atoms with E-state index < -0.39 is 0 Å². The third kappa shape index (κ3) is 3.04. The highest BCUT2D eigenvalue weighted by atomic mass is 16.5. The molecule has 3 rings (SSSR count). The van der Waals surface area contributed by atoms with E-state index in [9.17, 15) is 4.79 Å². The number of carbonyl (C=O) groups is 1. The molecule has 1 saturated heterocycles. The molecule has 4 nitrogen and oxygen atoms in total. The van der Waals surface area contributed by atoms with Crippen molar-refractivity contribution in [2.24, 2.45) is 0 Å². The topological polar surface area (TPSA) is 53.3 Å². The third-order valence-corrected chi connectivity index (χ3v) is 4.22. The number of rotatable bonds is 3. The minimum atomic E-state index is 0.0115. The van der Waals surface area contributed by atoms with Gasteiger partial charge in [0.2, 0.25) is 5.91 Å². The van der Waals surface area contributed by atoms with E-state index in [1.807, 2.05) is 41.3 Å². The predicted octanol–water partition coefficient (Wildman–Crippen LogP) is 3.83. The van der Waals surface area contributed by atoms with Gasteiger partial charge in [0.25, 0.3) is 0 Å². The monoisotopic (exact) mass is 306 g/mol. The fourth-order valence-corrected chi connectivity index (χ4v) is 3.03. The molecule has 1 amide bonds. The number of amides is 1. The molecule has 0 aliphatic carbocycles. The van der Waals surface area contributed by atoms with Crippen LogP contribution in [0.3, 0.4) is 0 Å². The molecule has 0 radical (unpaired) electrons. The highest BCUT2D eigenvalue weighted by Gasteiger charge is 2.30. The first-order chi connectivity index (χ1) is 11.2. The molecule has 0 saturated carbocycles. The summed E-state index contributed by atoms with van der Waals surface area (Å²) in [5, 5.41) is 8.93. The van der Waals surface area contributed by atoms with Gasteiger partial charge >= 0.3 is 0 Å². The summed E-state index contributed by atoms with van der Waals surface area (Å²) in [6.45, 7) is 0. The number of nitriles is 1. The number of anilines is 1. The van der Waals surface area contributed by atoms with E-state index in [4.69, 9.17) is 10.00 Å². The van der Waals surface area contributed by atoms with Gasteiger partial charge in [0, 0.05) is 12.1 Å². The quantitative estimate of drug-likeness (QED) is 0.866. The summed E-state index contributed by atoms with van der Waals surface area (Å²) >= 11 is 0. The van der Waals surface area contributed by atoms with E-state index >= 15 is 0 Å². The number of carbonyl (C=O) groups excluding carboxylic acids is 1. The second-order valence-corrected chi connectivity index (χ2v) is 5.60. The molecule has 0 bridgehead atoms. The van der Waals surface area contributed by atoms with Crippen LogP contribution in [0.4, 0.5) is 5.69 Å². The molecule has 1 aliphatic rings. The van der Waals surface area contributed by atoms with Crippen LogP contribution in [0.2, 0.25) is 0 Å². The number of methoxy groups -OCH3 is 1. The van der Waals surface area contributed by atoms with Crippen LogP contribution in [0.15, 0.2) is 48.5 Å². The average Bonchev–Trinajstić information content (AvgIpc) is 2.62. The molecule has 4 heteroatoms. The van der Waals surface area contributed by atoms with Crippen molar-refractivity contribution in [2.75, 3.05) is 12.0 Å². The van der Waals surface area contributed by atoms with Gasteiger partial charge in [0.05, 0.1) is 24.8 Å². The van der Waals surface area contributed by atoms with Crippen LogP contribution in [0.1, 0.15) is 36.4 Å². The Morgan fingerprint density at radius 3 is 2.43 bits per heavy atom. The van der Waals surface area contributed by atoms with E-state index in [0.717, 1.165) is 29.8 Å². The number of nitrogens with zero attached hydrogens (tertiary/aromatic N) is 2. The molecule has 0 N–H and O–H groups in total. The van der Waals surface area contributed by atoms with Gasteiger partial charge in [-0.3, -0.25) is 4.79 Å². The van der Waals surface area contributed by atoms with Crippen molar-refractivity contribution in [3.05, 3.63) is 59.7 Å². The van der Waals surface area contributed by atoms with Crippen molar-refractivity contribution in [1.82, 2.24) is 0 Å². The zero-order chi connectivity index (χ0) is 16.2. The fourth-order valence-electron chi connectivity index (χ4n) is 3.03. The summed E-state index contributed by atoms with van der Waals surface area (Å²) in [7, 11) is 1.63. The molecule has 2 aromatic carbocycles. The van der Waals surface area contributed by atoms with Crippen molar-refractivity contribution in [3.63, 3.8) is 0 Å².